The van der Waals surface area contributed by atoms with Crippen LogP contribution in [0, 0.1) is 0 Å². The largest absolute Gasteiger partial charge is 0.312 e. The Kier molecular flexibility index (Phi) is 3.03. The van der Waals surface area contributed by atoms with E-state index in [2.05, 4.69) is 51.4 Å². The second kappa shape index (κ2) is 4.29. The summed E-state index contributed by atoms with van der Waals surface area (Å²) in [6.07, 6.45) is 0. The highest BCUT2D eigenvalue weighted by Crippen LogP contribution is 2.20. The summed E-state index contributed by atoms with van der Waals surface area (Å²) in [5.74, 6) is 0. The van der Waals surface area contributed by atoms with Crippen molar-refractivity contribution in [3.8, 4) is 0 Å². The Morgan fingerprint density at radius 2 is 2.00 bits per heavy atom. The van der Waals surface area contributed by atoms with Gasteiger partial charge >= 0.3 is 0 Å². The molecule has 1 heterocycles. The average Bonchev–Trinajstić information content (AvgIpc) is 2.27. The van der Waals surface area contributed by atoms with Gasteiger partial charge in [-0.1, -0.05) is 28.1 Å². The fourth-order valence-electron chi connectivity index (χ4n) is 1.50. The smallest absolute Gasteiger partial charge is 0.0717 e. The minimum absolute atomic E-state index is 0.286. The first-order valence-electron chi connectivity index (χ1n) is 4.94. The number of nitrogens with zero attached hydrogens (tertiary/aromatic N) is 1. The van der Waals surface area contributed by atoms with Crippen molar-refractivity contribution in [3.05, 3.63) is 40.5 Å². The quantitative estimate of drug-likeness (QED) is 0.901. The van der Waals surface area contributed by atoms with Gasteiger partial charge in [0.15, 0.2) is 0 Å². The number of nitrogens with one attached hydrogen (secondary N) is 1. The molecule has 0 aliphatic carbocycles. The van der Waals surface area contributed by atoms with Crippen molar-refractivity contribution < 1.29 is 0 Å². The van der Waals surface area contributed by atoms with Crippen LogP contribution in [0.1, 0.15) is 18.7 Å². The topological polar surface area (TPSA) is 24.9 Å². The second-order valence-electron chi connectivity index (χ2n) is 3.58. The molecule has 0 saturated heterocycles. The third-order valence-electron chi connectivity index (χ3n) is 2.55. The maximum Gasteiger partial charge on any atom is 0.0717 e. The van der Waals surface area contributed by atoms with Gasteiger partial charge < -0.3 is 5.32 Å². The second-order valence-corrected chi connectivity index (χ2v) is 4.50. The van der Waals surface area contributed by atoms with Gasteiger partial charge in [0.25, 0.3) is 0 Å². The van der Waals surface area contributed by atoms with Crippen LogP contribution < -0.4 is 5.32 Å². The maximum atomic E-state index is 4.61. The Hall–Kier alpha value is -0.930. The van der Waals surface area contributed by atoms with Gasteiger partial charge in [-0.3, -0.25) is 4.98 Å². The van der Waals surface area contributed by atoms with E-state index in [4.69, 9.17) is 0 Å². The van der Waals surface area contributed by atoms with Crippen LogP contribution in [0.15, 0.2) is 34.8 Å². The van der Waals surface area contributed by atoms with Crippen molar-refractivity contribution in [3.63, 3.8) is 0 Å². The normalized spacial score (nSPS) is 13.0. The van der Waals surface area contributed by atoms with Crippen molar-refractivity contribution in [1.29, 1.82) is 0 Å². The first kappa shape index (κ1) is 10.6. The summed E-state index contributed by atoms with van der Waals surface area (Å²) in [6, 6.07) is 10.6. The summed E-state index contributed by atoms with van der Waals surface area (Å²) in [7, 11) is 1.94. The summed E-state index contributed by atoms with van der Waals surface area (Å²) in [5.41, 5.74) is 2.10. The molecule has 0 spiro atoms. The van der Waals surface area contributed by atoms with Gasteiger partial charge in [-0.25, -0.2) is 0 Å². The number of hydrogen-bond acceptors (Lipinski definition) is 2. The Balaban J connectivity index is 2.54. The lowest BCUT2D eigenvalue weighted by molar-refractivity contribution is 0.635. The number of fused-ring (bicyclic) bond motifs is 1. The number of hydrogen-bond donors (Lipinski definition) is 1. The summed E-state index contributed by atoms with van der Waals surface area (Å²) >= 11 is 3.46. The van der Waals surface area contributed by atoms with Crippen LogP contribution in [0.4, 0.5) is 0 Å². The maximum absolute atomic E-state index is 4.61. The van der Waals surface area contributed by atoms with Crippen LogP contribution in [0.5, 0.6) is 0 Å². The molecule has 1 atom stereocenters. The van der Waals surface area contributed by atoms with Crippen molar-refractivity contribution >= 4 is 26.8 Å². The predicted octanol–water partition coefficient (Wildman–Crippen LogP) is 3.28. The minimum Gasteiger partial charge on any atom is -0.312 e. The van der Waals surface area contributed by atoms with E-state index in [-0.39, 0.29) is 6.04 Å². The molecule has 0 unspecified atom stereocenters. The van der Waals surface area contributed by atoms with E-state index in [1.807, 2.05) is 19.2 Å². The zero-order valence-electron chi connectivity index (χ0n) is 8.79. The van der Waals surface area contributed by atoms with Crippen LogP contribution in [-0.2, 0) is 0 Å². The standard InChI is InChI=1S/C12H13BrN2/c1-8(14-2)11-6-4-9-3-5-10(13)7-12(9)15-11/h3-8,14H,1-2H3/t8-/m1/s1. The highest BCUT2D eigenvalue weighted by Gasteiger charge is 2.04. The van der Waals surface area contributed by atoms with E-state index < -0.39 is 0 Å². The lowest BCUT2D eigenvalue weighted by Crippen LogP contribution is -2.13. The van der Waals surface area contributed by atoms with E-state index in [1.165, 1.54) is 5.39 Å². The molecule has 0 radical (unpaired) electrons. The SMILES string of the molecule is CN[C@H](C)c1ccc2ccc(Br)cc2n1. The van der Waals surface area contributed by atoms with Gasteiger partial charge in [-0.2, -0.15) is 0 Å². The number of rotatable bonds is 2. The molecular formula is C12H13BrN2. The van der Waals surface area contributed by atoms with E-state index in [0.717, 1.165) is 15.7 Å². The highest BCUT2D eigenvalue weighted by molar-refractivity contribution is 9.10. The van der Waals surface area contributed by atoms with Crippen LogP contribution in [-0.4, -0.2) is 12.0 Å². The van der Waals surface area contributed by atoms with Gasteiger partial charge in [0.1, 0.15) is 0 Å². The Morgan fingerprint density at radius 3 is 2.73 bits per heavy atom. The van der Waals surface area contributed by atoms with Crippen LogP contribution >= 0.6 is 15.9 Å². The number of pyridine rings is 1. The van der Waals surface area contributed by atoms with Crippen molar-refractivity contribution in [1.82, 2.24) is 10.3 Å². The highest BCUT2D eigenvalue weighted by atomic mass is 79.9. The van der Waals surface area contributed by atoms with Gasteiger partial charge in [-0.05, 0) is 32.2 Å². The Bertz CT molecular complexity index is 482. The summed E-state index contributed by atoms with van der Waals surface area (Å²) in [5, 5.41) is 4.36. The van der Waals surface area contributed by atoms with Crippen molar-refractivity contribution in [2.75, 3.05) is 7.05 Å². The minimum atomic E-state index is 0.286. The first-order valence-corrected chi connectivity index (χ1v) is 5.73. The van der Waals surface area contributed by atoms with Crippen molar-refractivity contribution in [2.45, 2.75) is 13.0 Å². The summed E-state index contributed by atoms with van der Waals surface area (Å²) in [4.78, 5) is 4.61. The molecule has 0 fully saturated rings. The van der Waals surface area contributed by atoms with Crippen LogP contribution in [0.3, 0.4) is 0 Å². The molecule has 2 nitrogen and oxygen atoms in total. The van der Waals surface area contributed by atoms with Crippen molar-refractivity contribution in [2.24, 2.45) is 0 Å². The molecule has 2 rings (SSSR count). The molecule has 0 aliphatic heterocycles. The lowest BCUT2D eigenvalue weighted by Gasteiger charge is -2.10. The number of aromatic nitrogens is 1. The molecule has 0 amide bonds. The fourth-order valence-corrected chi connectivity index (χ4v) is 1.84. The Labute approximate surface area is 97.8 Å². The molecule has 2 aromatic rings. The number of halogens is 1. The molecule has 1 N–H and O–H groups in total. The lowest BCUT2D eigenvalue weighted by atomic mass is 10.1. The van der Waals surface area contributed by atoms with Crippen LogP contribution in [0.25, 0.3) is 10.9 Å². The molecule has 3 heteroatoms. The molecule has 0 saturated carbocycles. The zero-order chi connectivity index (χ0) is 10.8. The molecule has 1 aromatic carbocycles. The van der Waals surface area contributed by atoms with Gasteiger partial charge in [-0.15, -0.1) is 0 Å². The molecule has 0 aliphatic rings. The molecule has 78 valence electrons. The fraction of sp³-hybridized carbons (Fsp3) is 0.250. The Morgan fingerprint density at radius 1 is 1.27 bits per heavy atom. The van der Waals surface area contributed by atoms with Crippen LogP contribution in [0.2, 0.25) is 0 Å². The van der Waals surface area contributed by atoms with Gasteiger partial charge in [0, 0.05) is 15.9 Å². The molecule has 1 aromatic heterocycles. The third kappa shape index (κ3) is 2.19. The van der Waals surface area contributed by atoms with E-state index in [0.29, 0.717) is 0 Å². The molecule has 0 bridgehead atoms. The monoisotopic (exact) mass is 264 g/mol. The van der Waals surface area contributed by atoms with Gasteiger partial charge in [0.2, 0.25) is 0 Å². The van der Waals surface area contributed by atoms with E-state index in [1.54, 1.807) is 0 Å². The third-order valence-corrected chi connectivity index (χ3v) is 3.05. The predicted molar refractivity (Wildman–Crippen MR) is 66.9 cm³/mol. The van der Waals surface area contributed by atoms with E-state index in [9.17, 15) is 0 Å². The molecule has 15 heavy (non-hydrogen) atoms. The first-order chi connectivity index (χ1) is 7.20. The summed E-state index contributed by atoms with van der Waals surface area (Å²) in [6.45, 7) is 2.10. The van der Waals surface area contributed by atoms with E-state index >= 15 is 0 Å². The summed E-state index contributed by atoms with van der Waals surface area (Å²) < 4.78 is 1.07. The average molecular weight is 265 g/mol. The number of benzene rings is 1. The van der Waals surface area contributed by atoms with Gasteiger partial charge in [0.05, 0.1) is 11.2 Å². The molecular weight excluding hydrogens is 252 g/mol. The zero-order valence-corrected chi connectivity index (χ0v) is 10.4.